The van der Waals surface area contributed by atoms with Gasteiger partial charge in [0.1, 0.15) is 0 Å². The number of methoxy groups -OCH3 is 1. The van der Waals surface area contributed by atoms with Gasteiger partial charge in [-0.05, 0) is 37.0 Å². The number of unbranched alkanes of at least 4 members (excludes halogenated alkanes) is 2. The van der Waals surface area contributed by atoms with Crippen LogP contribution < -0.4 is 10.6 Å². The van der Waals surface area contributed by atoms with E-state index in [-0.39, 0.29) is 5.97 Å². The average molecular weight is 373 g/mol. The Morgan fingerprint density at radius 3 is 2.31 bits per heavy atom. The number of carbonyl (C=O) groups is 1. The maximum Gasteiger partial charge on any atom is 0.416 e. The van der Waals surface area contributed by atoms with Crippen molar-refractivity contribution < 1.29 is 22.7 Å². The van der Waals surface area contributed by atoms with E-state index in [4.69, 9.17) is 0 Å². The van der Waals surface area contributed by atoms with Crippen LogP contribution in [0.4, 0.5) is 13.2 Å². The van der Waals surface area contributed by atoms with Crippen LogP contribution in [0.3, 0.4) is 0 Å². The molecule has 0 amide bonds. The van der Waals surface area contributed by atoms with Crippen LogP contribution in [0, 0.1) is 0 Å². The zero-order valence-electron chi connectivity index (χ0n) is 15.2. The minimum Gasteiger partial charge on any atom is -0.469 e. The molecule has 26 heavy (non-hydrogen) atoms. The number of nitrogens with one attached hydrogen (secondary N) is 2. The van der Waals surface area contributed by atoms with Gasteiger partial charge in [-0.3, -0.25) is 9.79 Å². The second kappa shape index (κ2) is 11.4. The number of esters is 1. The molecule has 0 spiro atoms. The zero-order chi connectivity index (χ0) is 19.4. The lowest BCUT2D eigenvalue weighted by molar-refractivity contribution is -0.140. The standard InChI is InChI=1S/C18H26F3N3O2/c1-22-17(23-12-5-3-4-6-16(25)26-2)24-13-11-14-7-9-15(10-8-14)18(19,20)21/h7-10H,3-6,11-13H2,1-2H3,(H2,22,23,24). The van der Waals surface area contributed by atoms with Crippen molar-refractivity contribution in [3.05, 3.63) is 35.4 Å². The van der Waals surface area contributed by atoms with Crippen molar-refractivity contribution in [2.24, 2.45) is 4.99 Å². The smallest absolute Gasteiger partial charge is 0.416 e. The summed E-state index contributed by atoms with van der Waals surface area (Å²) >= 11 is 0. The average Bonchev–Trinajstić information content (AvgIpc) is 2.62. The van der Waals surface area contributed by atoms with Gasteiger partial charge in [0.15, 0.2) is 5.96 Å². The first kappa shape index (κ1) is 21.8. The van der Waals surface area contributed by atoms with Crippen LogP contribution in [0.1, 0.15) is 36.8 Å². The lowest BCUT2D eigenvalue weighted by Crippen LogP contribution is -2.38. The molecule has 8 heteroatoms. The lowest BCUT2D eigenvalue weighted by Gasteiger charge is -2.12. The van der Waals surface area contributed by atoms with E-state index < -0.39 is 11.7 Å². The summed E-state index contributed by atoms with van der Waals surface area (Å²) in [6.45, 7) is 1.29. The second-order valence-electron chi connectivity index (χ2n) is 5.76. The number of carbonyl (C=O) groups excluding carboxylic acids is 1. The van der Waals surface area contributed by atoms with Gasteiger partial charge < -0.3 is 15.4 Å². The summed E-state index contributed by atoms with van der Waals surface area (Å²) in [5.74, 6) is 0.448. The molecule has 1 aromatic rings. The number of rotatable bonds is 9. The Morgan fingerprint density at radius 2 is 1.73 bits per heavy atom. The van der Waals surface area contributed by atoms with E-state index in [0.717, 1.165) is 43.5 Å². The van der Waals surface area contributed by atoms with E-state index in [1.165, 1.54) is 19.2 Å². The van der Waals surface area contributed by atoms with Crippen LogP contribution in [0.15, 0.2) is 29.3 Å². The third-order valence-corrected chi connectivity index (χ3v) is 3.79. The van der Waals surface area contributed by atoms with E-state index >= 15 is 0 Å². The maximum absolute atomic E-state index is 12.5. The van der Waals surface area contributed by atoms with Crippen molar-refractivity contribution >= 4 is 11.9 Å². The van der Waals surface area contributed by atoms with Crippen molar-refractivity contribution in [2.45, 2.75) is 38.3 Å². The number of nitrogens with zero attached hydrogens (tertiary/aromatic N) is 1. The van der Waals surface area contributed by atoms with Gasteiger partial charge in [0.2, 0.25) is 0 Å². The van der Waals surface area contributed by atoms with Crippen LogP contribution in [-0.4, -0.2) is 39.2 Å². The van der Waals surface area contributed by atoms with Gasteiger partial charge in [-0.2, -0.15) is 13.2 Å². The molecule has 0 heterocycles. The molecule has 1 rings (SSSR count). The van der Waals surface area contributed by atoms with Crippen LogP contribution in [0.5, 0.6) is 0 Å². The summed E-state index contributed by atoms with van der Waals surface area (Å²) in [7, 11) is 3.04. The Morgan fingerprint density at radius 1 is 1.08 bits per heavy atom. The number of hydrogen-bond acceptors (Lipinski definition) is 3. The van der Waals surface area contributed by atoms with Crippen molar-refractivity contribution in [1.29, 1.82) is 0 Å². The molecular weight excluding hydrogens is 347 g/mol. The van der Waals surface area contributed by atoms with Crippen molar-refractivity contribution in [1.82, 2.24) is 10.6 Å². The number of guanidine groups is 1. The maximum atomic E-state index is 12.5. The number of hydrogen-bond donors (Lipinski definition) is 2. The first-order valence-electron chi connectivity index (χ1n) is 8.54. The summed E-state index contributed by atoms with van der Waals surface area (Å²) < 4.78 is 42.1. The summed E-state index contributed by atoms with van der Waals surface area (Å²) in [6, 6.07) is 5.16. The molecule has 0 bridgehead atoms. The van der Waals surface area contributed by atoms with E-state index in [2.05, 4.69) is 20.4 Å². The number of aliphatic imine (C=N–C) groups is 1. The van der Waals surface area contributed by atoms with Gasteiger partial charge in [-0.25, -0.2) is 0 Å². The Labute approximate surface area is 152 Å². The predicted octanol–water partition coefficient (Wildman–Crippen LogP) is 3.15. The van der Waals surface area contributed by atoms with E-state index in [1.54, 1.807) is 7.05 Å². The molecule has 0 atom stereocenters. The monoisotopic (exact) mass is 373 g/mol. The van der Waals surface area contributed by atoms with Crippen LogP contribution >= 0.6 is 0 Å². The minimum absolute atomic E-state index is 0.196. The van der Waals surface area contributed by atoms with Crippen molar-refractivity contribution in [3.63, 3.8) is 0 Å². The third-order valence-electron chi connectivity index (χ3n) is 3.79. The number of ether oxygens (including phenoxy) is 1. The highest BCUT2D eigenvalue weighted by molar-refractivity contribution is 5.79. The highest BCUT2D eigenvalue weighted by Gasteiger charge is 2.29. The second-order valence-corrected chi connectivity index (χ2v) is 5.76. The fourth-order valence-electron chi connectivity index (χ4n) is 2.29. The van der Waals surface area contributed by atoms with E-state index in [9.17, 15) is 18.0 Å². The molecule has 5 nitrogen and oxygen atoms in total. The molecule has 0 unspecified atom stereocenters. The zero-order valence-corrected chi connectivity index (χ0v) is 15.2. The van der Waals surface area contributed by atoms with E-state index in [1.807, 2.05) is 0 Å². The van der Waals surface area contributed by atoms with E-state index in [0.29, 0.717) is 25.3 Å². The summed E-state index contributed by atoms with van der Waals surface area (Å²) in [6.07, 6.45) is -0.691. The Hall–Kier alpha value is -2.25. The van der Waals surface area contributed by atoms with Crippen LogP contribution in [-0.2, 0) is 22.1 Å². The predicted molar refractivity (Wildman–Crippen MR) is 95.0 cm³/mol. The number of benzene rings is 1. The SMILES string of the molecule is CN=C(NCCCCCC(=O)OC)NCCc1ccc(C(F)(F)F)cc1. The van der Waals surface area contributed by atoms with Crippen LogP contribution in [0.2, 0.25) is 0 Å². The molecule has 2 N–H and O–H groups in total. The molecule has 0 saturated carbocycles. The molecule has 0 aliphatic rings. The van der Waals surface area contributed by atoms with Gasteiger partial charge in [0, 0.05) is 26.6 Å². The fraction of sp³-hybridized carbons (Fsp3) is 0.556. The molecule has 0 radical (unpaired) electrons. The van der Waals surface area contributed by atoms with Gasteiger partial charge in [-0.1, -0.05) is 18.6 Å². The van der Waals surface area contributed by atoms with Gasteiger partial charge >= 0.3 is 12.1 Å². The van der Waals surface area contributed by atoms with Gasteiger partial charge in [-0.15, -0.1) is 0 Å². The lowest BCUT2D eigenvalue weighted by atomic mass is 10.1. The van der Waals surface area contributed by atoms with Gasteiger partial charge in [0.25, 0.3) is 0 Å². The summed E-state index contributed by atoms with van der Waals surface area (Å²) in [5.41, 5.74) is 0.183. The molecule has 1 aromatic carbocycles. The highest BCUT2D eigenvalue weighted by Crippen LogP contribution is 2.29. The van der Waals surface area contributed by atoms with Crippen molar-refractivity contribution in [2.75, 3.05) is 27.2 Å². The Balaban J connectivity index is 2.21. The molecule has 0 fully saturated rings. The molecular formula is C18H26F3N3O2. The number of halogens is 3. The van der Waals surface area contributed by atoms with Crippen molar-refractivity contribution in [3.8, 4) is 0 Å². The number of alkyl halides is 3. The summed E-state index contributed by atoms with van der Waals surface area (Å²) in [5, 5.41) is 6.28. The largest absolute Gasteiger partial charge is 0.469 e. The normalized spacial score (nSPS) is 12.0. The topological polar surface area (TPSA) is 62.7 Å². The third kappa shape index (κ3) is 8.73. The summed E-state index contributed by atoms with van der Waals surface area (Å²) in [4.78, 5) is 15.1. The first-order valence-corrected chi connectivity index (χ1v) is 8.54. The highest BCUT2D eigenvalue weighted by atomic mass is 19.4. The van der Waals surface area contributed by atoms with Crippen LogP contribution in [0.25, 0.3) is 0 Å². The fourth-order valence-corrected chi connectivity index (χ4v) is 2.29. The molecule has 0 aromatic heterocycles. The minimum atomic E-state index is -4.31. The molecule has 0 aliphatic heterocycles. The Kier molecular flexibility index (Phi) is 9.54. The Bertz CT molecular complexity index is 572. The molecule has 146 valence electrons. The quantitative estimate of drug-likeness (QED) is 0.302. The first-order chi connectivity index (χ1) is 12.4. The molecule has 0 saturated heterocycles. The molecule has 0 aliphatic carbocycles. The van der Waals surface area contributed by atoms with Gasteiger partial charge in [0.05, 0.1) is 12.7 Å².